The van der Waals surface area contributed by atoms with Gasteiger partial charge >= 0.3 is 0 Å². The molecule has 0 amide bonds. The molecule has 0 saturated heterocycles. The van der Waals surface area contributed by atoms with Gasteiger partial charge in [0.25, 0.3) is 0 Å². The first-order chi connectivity index (χ1) is 8.25. The van der Waals surface area contributed by atoms with Crippen molar-refractivity contribution in [2.45, 2.75) is 6.92 Å². The number of aryl methyl sites for hydroxylation is 1. The quantitative estimate of drug-likeness (QED) is 0.659. The molecule has 0 atom stereocenters. The molecule has 2 aromatic heterocycles. The molecule has 2 heterocycles. The van der Waals surface area contributed by atoms with Crippen molar-refractivity contribution in [1.29, 1.82) is 0 Å². The lowest BCUT2D eigenvalue weighted by Gasteiger charge is -2.03. The number of pyridine rings is 1. The van der Waals surface area contributed by atoms with E-state index >= 15 is 0 Å². The number of fused-ring (bicyclic) bond motifs is 1. The fourth-order valence-electron chi connectivity index (χ4n) is 2.08. The molecule has 84 valence electrons. The third-order valence-corrected chi connectivity index (χ3v) is 3.27. The molecule has 0 unspecified atom stereocenters. The van der Waals surface area contributed by atoms with Crippen LogP contribution in [0, 0.1) is 6.92 Å². The minimum atomic E-state index is 0.976. The van der Waals surface area contributed by atoms with E-state index in [1.54, 1.807) is 0 Å². The van der Waals surface area contributed by atoms with Crippen LogP contribution in [0.3, 0.4) is 0 Å². The van der Waals surface area contributed by atoms with Gasteiger partial charge in [0.1, 0.15) is 5.65 Å². The second-order valence-electron chi connectivity index (χ2n) is 3.99. The number of aromatic nitrogens is 2. The van der Waals surface area contributed by atoms with Gasteiger partial charge in [-0.1, -0.05) is 30.3 Å². The van der Waals surface area contributed by atoms with Crippen molar-refractivity contribution >= 4 is 21.6 Å². The molecular formula is C14H11BrN2. The zero-order chi connectivity index (χ0) is 11.8. The molecule has 0 bridgehead atoms. The fourth-order valence-corrected chi connectivity index (χ4v) is 2.42. The van der Waals surface area contributed by atoms with Gasteiger partial charge in [0.2, 0.25) is 0 Å². The van der Waals surface area contributed by atoms with Crippen LogP contribution in [0.2, 0.25) is 0 Å². The number of hydrogen-bond acceptors (Lipinski definition) is 1. The Morgan fingerprint density at radius 1 is 1.06 bits per heavy atom. The number of hydrogen-bond donors (Lipinski definition) is 0. The standard InChI is InChI=1S/C14H11BrN2/c1-10-14(11-5-3-2-4-6-11)17-9-12(15)7-8-13(17)16-10/h2-9H,1H3. The Labute approximate surface area is 108 Å². The van der Waals surface area contributed by atoms with E-state index < -0.39 is 0 Å². The number of halogens is 1. The van der Waals surface area contributed by atoms with Crippen molar-refractivity contribution in [2.24, 2.45) is 0 Å². The smallest absolute Gasteiger partial charge is 0.137 e. The van der Waals surface area contributed by atoms with Gasteiger partial charge in [0.15, 0.2) is 0 Å². The molecule has 0 N–H and O–H groups in total. The van der Waals surface area contributed by atoms with Crippen LogP contribution in [-0.4, -0.2) is 9.38 Å². The second kappa shape index (κ2) is 4.00. The third kappa shape index (κ3) is 1.76. The monoisotopic (exact) mass is 286 g/mol. The van der Waals surface area contributed by atoms with Crippen LogP contribution in [0.4, 0.5) is 0 Å². The van der Waals surface area contributed by atoms with Gasteiger partial charge < -0.3 is 0 Å². The maximum atomic E-state index is 4.57. The zero-order valence-corrected chi connectivity index (χ0v) is 11.0. The van der Waals surface area contributed by atoms with Crippen LogP contribution < -0.4 is 0 Å². The Bertz CT molecular complexity index is 671. The summed E-state index contributed by atoms with van der Waals surface area (Å²) in [6.07, 6.45) is 2.05. The Hall–Kier alpha value is -1.61. The van der Waals surface area contributed by atoms with E-state index in [9.17, 15) is 0 Å². The molecule has 0 aliphatic heterocycles. The van der Waals surface area contributed by atoms with E-state index in [1.165, 1.54) is 5.56 Å². The number of imidazole rings is 1. The predicted molar refractivity (Wildman–Crippen MR) is 73.1 cm³/mol. The first kappa shape index (κ1) is 10.5. The first-order valence-electron chi connectivity index (χ1n) is 5.45. The molecule has 2 nitrogen and oxygen atoms in total. The normalized spacial score (nSPS) is 10.9. The van der Waals surface area contributed by atoms with Crippen molar-refractivity contribution in [2.75, 3.05) is 0 Å². The van der Waals surface area contributed by atoms with Crippen LogP contribution >= 0.6 is 15.9 Å². The maximum absolute atomic E-state index is 4.57. The highest BCUT2D eigenvalue weighted by molar-refractivity contribution is 9.10. The third-order valence-electron chi connectivity index (χ3n) is 2.80. The largest absolute Gasteiger partial charge is 0.298 e. The topological polar surface area (TPSA) is 17.3 Å². The molecule has 0 saturated carbocycles. The molecule has 17 heavy (non-hydrogen) atoms. The van der Waals surface area contributed by atoms with Gasteiger partial charge in [-0.25, -0.2) is 4.98 Å². The second-order valence-corrected chi connectivity index (χ2v) is 4.90. The molecule has 3 heteroatoms. The summed E-state index contributed by atoms with van der Waals surface area (Å²) in [5.74, 6) is 0. The fraction of sp³-hybridized carbons (Fsp3) is 0.0714. The summed E-state index contributed by atoms with van der Waals surface area (Å²) in [4.78, 5) is 4.57. The van der Waals surface area contributed by atoms with E-state index in [0.717, 1.165) is 21.5 Å². The molecule has 0 fully saturated rings. The summed E-state index contributed by atoms with van der Waals surface area (Å²) in [6, 6.07) is 14.4. The SMILES string of the molecule is Cc1nc2ccc(Br)cn2c1-c1ccccc1. The van der Waals surface area contributed by atoms with Crippen LogP contribution in [0.15, 0.2) is 53.1 Å². The molecule has 1 aromatic carbocycles. The number of nitrogens with zero attached hydrogens (tertiary/aromatic N) is 2. The van der Waals surface area contributed by atoms with Crippen LogP contribution in [-0.2, 0) is 0 Å². The van der Waals surface area contributed by atoms with Crippen molar-refractivity contribution in [3.05, 3.63) is 58.8 Å². The molecule has 3 aromatic rings. The average Bonchev–Trinajstić information content (AvgIpc) is 2.65. The number of rotatable bonds is 1. The highest BCUT2D eigenvalue weighted by Gasteiger charge is 2.10. The maximum Gasteiger partial charge on any atom is 0.137 e. The van der Waals surface area contributed by atoms with Crippen molar-refractivity contribution in [3.8, 4) is 11.3 Å². The lowest BCUT2D eigenvalue weighted by atomic mass is 10.1. The summed E-state index contributed by atoms with van der Waals surface area (Å²) in [5, 5.41) is 0. The minimum absolute atomic E-state index is 0.976. The molecule has 0 spiro atoms. The summed E-state index contributed by atoms with van der Waals surface area (Å²) >= 11 is 3.50. The lowest BCUT2D eigenvalue weighted by Crippen LogP contribution is -1.88. The molecule has 0 aliphatic carbocycles. The molecular weight excluding hydrogens is 276 g/mol. The summed E-state index contributed by atoms with van der Waals surface area (Å²) in [7, 11) is 0. The van der Waals surface area contributed by atoms with Crippen molar-refractivity contribution in [1.82, 2.24) is 9.38 Å². The van der Waals surface area contributed by atoms with Gasteiger partial charge in [-0.05, 0) is 35.0 Å². The Morgan fingerprint density at radius 2 is 1.82 bits per heavy atom. The summed E-state index contributed by atoms with van der Waals surface area (Å²) in [6.45, 7) is 2.04. The van der Waals surface area contributed by atoms with E-state index in [-0.39, 0.29) is 0 Å². The van der Waals surface area contributed by atoms with Crippen LogP contribution in [0.1, 0.15) is 5.69 Å². The molecule has 3 rings (SSSR count). The minimum Gasteiger partial charge on any atom is -0.298 e. The number of benzene rings is 1. The van der Waals surface area contributed by atoms with Crippen LogP contribution in [0.25, 0.3) is 16.9 Å². The van der Waals surface area contributed by atoms with Gasteiger partial charge in [-0.15, -0.1) is 0 Å². The Morgan fingerprint density at radius 3 is 2.59 bits per heavy atom. The Kier molecular flexibility index (Phi) is 2.48. The highest BCUT2D eigenvalue weighted by Crippen LogP contribution is 2.25. The summed E-state index contributed by atoms with van der Waals surface area (Å²) < 4.78 is 3.17. The van der Waals surface area contributed by atoms with E-state index in [2.05, 4.69) is 43.6 Å². The lowest BCUT2D eigenvalue weighted by molar-refractivity contribution is 1.18. The molecule has 0 radical (unpaired) electrons. The van der Waals surface area contributed by atoms with E-state index in [1.807, 2.05) is 37.3 Å². The van der Waals surface area contributed by atoms with Crippen molar-refractivity contribution < 1.29 is 0 Å². The molecule has 0 aliphatic rings. The van der Waals surface area contributed by atoms with Gasteiger partial charge in [-0.3, -0.25) is 4.40 Å². The van der Waals surface area contributed by atoms with E-state index in [0.29, 0.717) is 0 Å². The van der Waals surface area contributed by atoms with Crippen LogP contribution in [0.5, 0.6) is 0 Å². The zero-order valence-electron chi connectivity index (χ0n) is 9.39. The van der Waals surface area contributed by atoms with E-state index in [4.69, 9.17) is 0 Å². The average molecular weight is 287 g/mol. The summed E-state index contributed by atoms with van der Waals surface area (Å²) in [5.41, 5.74) is 4.37. The van der Waals surface area contributed by atoms with Gasteiger partial charge in [-0.2, -0.15) is 0 Å². The Balaban J connectivity index is 2.35. The van der Waals surface area contributed by atoms with Gasteiger partial charge in [0.05, 0.1) is 11.4 Å². The predicted octanol–water partition coefficient (Wildman–Crippen LogP) is 4.07. The van der Waals surface area contributed by atoms with Crippen molar-refractivity contribution in [3.63, 3.8) is 0 Å². The highest BCUT2D eigenvalue weighted by atomic mass is 79.9. The first-order valence-corrected chi connectivity index (χ1v) is 6.24. The van der Waals surface area contributed by atoms with Gasteiger partial charge in [0, 0.05) is 16.2 Å².